The number of aliphatic hydroxyl groups is 1. The lowest BCUT2D eigenvalue weighted by Gasteiger charge is -2.50. The summed E-state index contributed by atoms with van der Waals surface area (Å²) in [6, 6.07) is 27.3. The van der Waals surface area contributed by atoms with Crippen molar-refractivity contribution in [2.75, 3.05) is 23.5 Å². The van der Waals surface area contributed by atoms with Crippen LogP contribution in [-0.4, -0.2) is 63.1 Å². The average molecular weight is 728 g/mol. The summed E-state index contributed by atoms with van der Waals surface area (Å²) in [5, 5.41) is 30.3. The van der Waals surface area contributed by atoms with Gasteiger partial charge in [-0.15, -0.1) is 0 Å². The Balaban J connectivity index is 1.28. The molecule has 12 heteroatoms. The van der Waals surface area contributed by atoms with Crippen LogP contribution in [-0.2, 0) is 24.6 Å². The van der Waals surface area contributed by atoms with E-state index in [2.05, 4.69) is 5.43 Å². The molecule has 0 aromatic heterocycles. The number of aromatic carboxylic acids is 1. The van der Waals surface area contributed by atoms with Crippen LogP contribution in [0.3, 0.4) is 0 Å². The number of hydrogen-bond acceptors (Lipinski definition) is 9. The maximum Gasteiger partial charge on any atom is 0.339 e. The number of carbonyl (C=O) groups is 5. The van der Waals surface area contributed by atoms with Crippen molar-refractivity contribution < 1.29 is 44.0 Å². The Hall–Kier alpha value is -6.27. The topological polar surface area (TPSA) is 174 Å². The molecule has 0 radical (unpaired) electrons. The summed E-state index contributed by atoms with van der Waals surface area (Å²) >= 11 is 0. The SMILES string of the molecule is Cc1ccc(NN2C(=O)[C@@H]3C[C@@H]4C(=CC[C@@H]5C(=O)N(c6ccc(C(=O)O)c(O)c6)C(=O)[C@@H]54)[C@H](c4ccc(OCCO)cc4)[C@]3(c3ccccc3)C2=O)cc1. The zero-order valence-corrected chi connectivity index (χ0v) is 29.2. The van der Waals surface area contributed by atoms with Gasteiger partial charge in [-0.1, -0.05) is 71.8 Å². The molecule has 0 spiro atoms. The fourth-order valence-electron chi connectivity index (χ4n) is 9.14. The summed E-state index contributed by atoms with van der Waals surface area (Å²) in [6.07, 6.45) is 2.23. The molecular formula is C42H37N3O9. The van der Waals surface area contributed by atoms with Gasteiger partial charge >= 0.3 is 5.97 Å². The Morgan fingerprint density at radius 2 is 1.61 bits per heavy atom. The predicted octanol–water partition coefficient (Wildman–Crippen LogP) is 4.96. The van der Waals surface area contributed by atoms with Crippen molar-refractivity contribution in [1.82, 2.24) is 5.01 Å². The van der Waals surface area contributed by atoms with E-state index in [-0.39, 0.29) is 37.3 Å². The minimum absolute atomic E-state index is 0.0495. The number of aliphatic hydroxyl groups excluding tert-OH is 1. The number of hydrazine groups is 1. The maximum atomic E-state index is 15.3. The molecular weight excluding hydrogens is 690 g/mol. The third-order valence-electron chi connectivity index (χ3n) is 11.4. The molecule has 54 heavy (non-hydrogen) atoms. The molecule has 4 aromatic rings. The first-order valence-corrected chi connectivity index (χ1v) is 17.8. The first-order valence-electron chi connectivity index (χ1n) is 17.8. The van der Waals surface area contributed by atoms with Crippen molar-refractivity contribution in [2.45, 2.75) is 31.1 Å². The molecule has 0 bridgehead atoms. The number of hydrogen-bond donors (Lipinski definition) is 4. The summed E-state index contributed by atoms with van der Waals surface area (Å²) in [6.45, 7) is 1.85. The van der Waals surface area contributed by atoms with E-state index < -0.39 is 70.4 Å². The molecule has 274 valence electrons. The standard InChI is InChI=1S/C42H37N3O9/c1-23-7-11-26(12-8-23)43-45-38(49)33-22-32-29(17-18-31-35(32)39(50)44(37(31)48)27-13-16-30(40(51)52)34(47)21-27)36(24-9-14-28(15-10-24)54-20-19-46)42(33,41(45)53)25-5-3-2-4-6-25/h2-17,21,31-33,35-36,43,46-47H,18-20,22H2,1H3,(H,51,52)/t31-,32+,33-,35-,36-,42+/m0/s1. The number of phenols is 1. The number of allylic oxidation sites excluding steroid dienone is 2. The maximum absolute atomic E-state index is 15.3. The number of rotatable bonds is 9. The third kappa shape index (κ3) is 5.27. The molecule has 2 heterocycles. The van der Waals surface area contributed by atoms with Gasteiger partial charge in [0.2, 0.25) is 11.8 Å². The quantitative estimate of drug-likeness (QED) is 0.136. The van der Waals surface area contributed by atoms with Crippen LogP contribution in [0.2, 0.25) is 0 Å². The summed E-state index contributed by atoms with van der Waals surface area (Å²) in [5.41, 5.74) is 4.99. The normalized spacial score (nSPS) is 25.9. The van der Waals surface area contributed by atoms with Gasteiger partial charge < -0.3 is 20.1 Å². The van der Waals surface area contributed by atoms with Crippen molar-refractivity contribution in [2.24, 2.45) is 23.7 Å². The molecule has 0 unspecified atom stereocenters. The minimum Gasteiger partial charge on any atom is -0.507 e. The Morgan fingerprint density at radius 1 is 0.889 bits per heavy atom. The number of carboxylic acid groups (broad SMARTS) is 1. The van der Waals surface area contributed by atoms with E-state index in [4.69, 9.17) is 4.74 Å². The van der Waals surface area contributed by atoms with Crippen molar-refractivity contribution in [1.29, 1.82) is 0 Å². The number of benzene rings is 4. The van der Waals surface area contributed by atoms with Gasteiger partial charge in [0.15, 0.2) is 0 Å². The molecule has 3 fully saturated rings. The van der Waals surface area contributed by atoms with Gasteiger partial charge in [0.05, 0.1) is 41.2 Å². The molecule has 4 N–H and O–H groups in total. The van der Waals surface area contributed by atoms with Crippen LogP contribution >= 0.6 is 0 Å². The van der Waals surface area contributed by atoms with E-state index >= 15 is 4.79 Å². The third-order valence-corrected chi connectivity index (χ3v) is 11.4. The molecule has 4 amide bonds. The lowest BCUT2D eigenvalue weighted by molar-refractivity contribution is -0.138. The number of carboxylic acids is 1. The highest BCUT2D eigenvalue weighted by Gasteiger charge is 2.70. The van der Waals surface area contributed by atoms with Crippen LogP contribution in [0, 0.1) is 30.6 Å². The van der Waals surface area contributed by atoms with Gasteiger partial charge in [0.1, 0.15) is 23.7 Å². The smallest absolute Gasteiger partial charge is 0.339 e. The summed E-state index contributed by atoms with van der Waals surface area (Å²) in [7, 11) is 0. The number of aryl methyl sites for hydroxylation is 1. The van der Waals surface area contributed by atoms with E-state index in [0.717, 1.165) is 33.2 Å². The van der Waals surface area contributed by atoms with E-state index in [9.17, 15) is 34.5 Å². The van der Waals surface area contributed by atoms with Crippen molar-refractivity contribution in [3.8, 4) is 11.5 Å². The van der Waals surface area contributed by atoms with Crippen molar-refractivity contribution in [3.05, 3.63) is 131 Å². The highest BCUT2D eigenvalue weighted by molar-refractivity contribution is 6.23. The predicted molar refractivity (Wildman–Crippen MR) is 195 cm³/mol. The van der Waals surface area contributed by atoms with E-state index in [1.165, 1.54) is 6.07 Å². The summed E-state index contributed by atoms with van der Waals surface area (Å²) < 4.78 is 5.65. The van der Waals surface area contributed by atoms with Gasteiger partial charge in [-0.2, -0.15) is 5.01 Å². The first-order chi connectivity index (χ1) is 26.1. The van der Waals surface area contributed by atoms with Crippen LogP contribution in [0.5, 0.6) is 11.5 Å². The largest absolute Gasteiger partial charge is 0.507 e. The zero-order chi connectivity index (χ0) is 37.9. The molecule has 4 aromatic carbocycles. The number of imide groups is 2. The second-order valence-electron chi connectivity index (χ2n) is 14.3. The second-order valence-corrected chi connectivity index (χ2v) is 14.3. The summed E-state index contributed by atoms with van der Waals surface area (Å²) in [4.78, 5) is 71.2. The molecule has 6 atom stereocenters. The number of carbonyl (C=O) groups excluding carboxylic acids is 4. The fraction of sp³-hybridized carbons (Fsp3) is 0.262. The van der Waals surface area contributed by atoms with Gasteiger partial charge in [-0.05, 0) is 73.2 Å². The van der Waals surface area contributed by atoms with E-state index in [1.807, 2.05) is 67.6 Å². The minimum atomic E-state index is -1.44. The zero-order valence-electron chi connectivity index (χ0n) is 29.2. The Kier molecular flexibility index (Phi) is 8.57. The Labute approximate surface area is 310 Å². The van der Waals surface area contributed by atoms with Crippen LogP contribution in [0.1, 0.15) is 45.8 Å². The molecule has 2 saturated heterocycles. The lowest BCUT2D eigenvalue weighted by atomic mass is 9.49. The fourth-order valence-corrected chi connectivity index (χ4v) is 9.14. The molecule has 2 aliphatic heterocycles. The molecule has 4 aliphatic rings. The van der Waals surface area contributed by atoms with Gasteiger partial charge in [0, 0.05) is 12.0 Å². The number of ether oxygens (including phenoxy) is 1. The Morgan fingerprint density at radius 3 is 2.28 bits per heavy atom. The van der Waals surface area contributed by atoms with Gasteiger partial charge in [-0.3, -0.25) is 24.6 Å². The van der Waals surface area contributed by atoms with Crippen LogP contribution in [0.15, 0.2) is 109 Å². The van der Waals surface area contributed by atoms with E-state index in [0.29, 0.717) is 22.6 Å². The van der Waals surface area contributed by atoms with Gasteiger partial charge in [-0.25, -0.2) is 9.69 Å². The van der Waals surface area contributed by atoms with Crippen molar-refractivity contribution >= 4 is 41.0 Å². The number of aromatic hydroxyl groups is 1. The number of anilines is 2. The van der Waals surface area contributed by atoms with Crippen molar-refractivity contribution in [3.63, 3.8) is 0 Å². The first kappa shape index (κ1) is 34.8. The lowest BCUT2D eigenvalue weighted by Crippen LogP contribution is -2.53. The van der Waals surface area contributed by atoms with Crippen LogP contribution in [0.25, 0.3) is 0 Å². The number of fused-ring (bicyclic) bond motifs is 4. The highest BCUT2D eigenvalue weighted by Crippen LogP contribution is 2.64. The molecule has 12 nitrogen and oxygen atoms in total. The highest BCUT2D eigenvalue weighted by atomic mass is 16.5. The Bertz CT molecular complexity index is 2220. The van der Waals surface area contributed by atoms with E-state index in [1.54, 1.807) is 24.3 Å². The second kappa shape index (κ2) is 13.3. The number of nitrogens with one attached hydrogen (secondary N) is 1. The van der Waals surface area contributed by atoms with Gasteiger partial charge in [0.25, 0.3) is 11.8 Å². The van der Waals surface area contributed by atoms with Crippen LogP contribution < -0.4 is 15.1 Å². The summed E-state index contributed by atoms with van der Waals surface area (Å²) in [5.74, 6) is -7.31. The monoisotopic (exact) mass is 727 g/mol. The molecule has 2 aliphatic carbocycles. The number of amides is 4. The molecule has 1 saturated carbocycles. The number of nitrogens with zero attached hydrogens (tertiary/aromatic N) is 2. The molecule has 8 rings (SSSR count). The van der Waals surface area contributed by atoms with Crippen LogP contribution in [0.4, 0.5) is 11.4 Å². The average Bonchev–Trinajstić information content (AvgIpc) is 3.55.